The fourth-order valence-corrected chi connectivity index (χ4v) is 3.35. The molecule has 0 spiro atoms. The molecule has 0 atom stereocenters. The molecule has 0 saturated carbocycles. The van der Waals surface area contributed by atoms with Crippen LogP contribution in [0.1, 0.15) is 25.3 Å². The van der Waals surface area contributed by atoms with Crippen molar-refractivity contribution < 1.29 is 9.59 Å². The second-order valence-electron chi connectivity index (χ2n) is 7.00. The fourth-order valence-electron chi connectivity index (χ4n) is 3.35. The third-order valence-electron chi connectivity index (χ3n) is 5.01. The Labute approximate surface area is 160 Å². The van der Waals surface area contributed by atoms with Crippen LogP contribution in [0.4, 0.5) is 11.4 Å². The second-order valence-corrected chi connectivity index (χ2v) is 7.00. The van der Waals surface area contributed by atoms with Crippen LogP contribution in [0.25, 0.3) is 0 Å². The highest BCUT2D eigenvalue weighted by molar-refractivity contribution is 5.93. The molecule has 1 fully saturated rings. The van der Waals surface area contributed by atoms with Crippen LogP contribution >= 0.6 is 0 Å². The summed E-state index contributed by atoms with van der Waals surface area (Å²) in [5.41, 5.74) is 2.91. The molecule has 0 unspecified atom stereocenters. The summed E-state index contributed by atoms with van der Waals surface area (Å²) in [5, 5.41) is 5.92. The quantitative estimate of drug-likeness (QED) is 0.823. The van der Waals surface area contributed by atoms with Gasteiger partial charge in [-0.3, -0.25) is 14.5 Å². The first-order valence-corrected chi connectivity index (χ1v) is 9.61. The monoisotopic (exact) mass is 365 g/mol. The maximum Gasteiger partial charge on any atom is 0.238 e. The van der Waals surface area contributed by atoms with Crippen molar-refractivity contribution in [2.45, 2.75) is 26.2 Å². The van der Waals surface area contributed by atoms with Gasteiger partial charge in [0, 0.05) is 17.3 Å². The molecule has 0 radical (unpaired) electrons. The van der Waals surface area contributed by atoms with Crippen molar-refractivity contribution in [1.82, 2.24) is 4.90 Å². The minimum absolute atomic E-state index is 0.00565. The zero-order chi connectivity index (χ0) is 19.1. The number of piperidine rings is 1. The Hall–Kier alpha value is -2.66. The van der Waals surface area contributed by atoms with Gasteiger partial charge in [-0.05, 0) is 62.2 Å². The molecule has 2 aromatic rings. The average Bonchev–Trinajstić information content (AvgIpc) is 2.70. The Morgan fingerprint density at radius 2 is 1.56 bits per heavy atom. The summed E-state index contributed by atoms with van der Waals surface area (Å²) in [6, 6.07) is 17.5. The van der Waals surface area contributed by atoms with Gasteiger partial charge in [0.1, 0.15) is 0 Å². The molecule has 2 aromatic carbocycles. The standard InChI is InChI=1S/C22H27N3O2/c1-2-17-8-10-20(11-9-17)23-21(26)16-25-14-12-18(13-15-25)22(27)24-19-6-4-3-5-7-19/h3-11,18H,2,12-16H2,1H3,(H,23,26)(H,24,27). The number of aryl methyl sites for hydroxylation is 1. The van der Waals surface area contributed by atoms with Crippen molar-refractivity contribution in [2.75, 3.05) is 30.3 Å². The van der Waals surface area contributed by atoms with Gasteiger partial charge >= 0.3 is 0 Å². The number of nitrogens with one attached hydrogen (secondary N) is 2. The van der Waals surface area contributed by atoms with Crippen molar-refractivity contribution in [3.63, 3.8) is 0 Å². The van der Waals surface area contributed by atoms with Gasteiger partial charge in [-0.15, -0.1) is 0 Å². The molecule has 2 N–H and O–H groups in total. The van der Waals surface area contributed by atoms with Gasteiger partial charge in [-0.2, -0.15) is 0 Å². The molecule has 0 bridgehead atoms. The first kappa shape index (κ1) is 19.1. The zero-order valence-corrected chi connectivity index (χ0v) is 15.8. The first-order chi connectivity index (χ1) is 13.1. The number of carbonyl (C=O) groups excluding carboxylic acids is 2. The summed E-state index contributed by atoms with van der Waals surface area (Å²) in [6.45, 7) is 3.99. The summed E-state index contributed by atoms with van der Waals surface area (Å²) in [6.07, 6.45) is 2.54. The normalized spacial score (nSPS) is 15.3. The van der Waals surface area contributed by atoms with E-state index in [0.717, 1.165) is 43.7 Å². The molecule has 5 nitrogen and oxygen atoms in total. The van der Waals surface area contributed by atoms with E-state index in [0.29, 0.717) is 6.54 Å². The van der Waals surface area contributed by atoms with Gasteiger partial charge in [-0.1, -0.05) is 37.3 Å². The number of hydrogen-bond acceptors (Lipinski definition) is 3. The number of nitrogens with zero attached hydrogens (tertiary/aromatic N) is 1. The molecule has 27 heavy (non-hydrogen) atoms. The van der Waals surface area contributed by atoms with Crippen molar-refractivity contribution in [1.29, 1.82) is 0 Å². The largest absolute Gasteiger partial charge is 0.326 e. The van der Waals surface area contributed by atoms with Crippen LogP contribution in [-0.4, -0.2) is 36.3 Å². The van der Waals surface area contributed by atoms with Crippen LogP contribution in [-0.2, 0) is 16.0 Å². The van der Waals surface area contributed by atoms with Crippen molar-refractivity contribution in [3.8, 4) is 0 Å². The lowest BCUT2D eigenvalue weighted by atomic mass is 9.96. The SMILES string of the molecule is CCc1ccc(NC(=O)CN2CCC(C(=O)Nc3ccccc3)CC2)cc1. The molecule has 3 rings (SSSR count). The first-order valence-electron chi connectivity index (χ1n) is 9.61. The average molecular weight is 365 g/mol. The lowest BCUT2D eigenvalue weighted by molar-refractivity contribution is -0.121. The summed E-state index contributed by atoms with van der Waals surface area (Å²) < 4.78 is 0. The number of benzene rings is 2. The number of anilines is 2. The van der Waals surface area contributed by atoms with Crippen LogP contribution in [0.15, 0.2) is 54.6 Å². The number of likely N-dealkylation sites (tertiary alicyclic amines) is 1. The third kappa shape index (κ3) is 5.66. The molecule has 1 saturated heterocycles. The van der Waals surface area contributed by atoms with E-state index in [4.69, 9.17) is 0 Å². The van der Waals surface area contributed by atoms with Crippen LogP contribution in [0.5, 0.6) is 0 Å². The van der Waals surface area contributed by atoms with E-state index >= 15 is 0 Å². The third-order valence-corrected chi connectivity index (χ3v) is 5.01. The van der Waals surface area contributed by atoms with E-state index in [9.17, 15) is 9.59 Å². The van der Waals surface area contributed by atoms with Crippen LogP contribution in [0.2, 0.25) is 0 Å². The van der Waals surface area contributed by atoms with E-state index in [1.165, 1.54) is 5.56 Å². The molecule has 2 amide bonds. The van der Waals surface area contributed by atoms with Crippen molar-refractivity contribution >= 4 is 23.2 Å². The highest BCUT2D eigenvalue weighted by Crippen LogP contribution is 2.19. The summed E-state index contributed by atoms with van der Waals surface area (Å²) >= 11 is 0. The smallest absolute Gasteiger partial charge is 0.238 e. The van der Waals surface area contributed by atoms with Gasteiger partial charge in [0.2, 0.25) is 11.8 Å². The predicted molar refractivity (Wildman–Crippen MR) is 109 cm³/mol. The molecule has 0 aromatic heterocycles. The minimum atomic E-state index is -0.00793. The maximum atomic E-state index is 12.4. The molecule has 1 heterocycles. The Bertz CT molecular complexity index is 751. The molecule has 142 valence electrons. The lowest BCUT2D eigenvalue weighted by Gasteiger charge is -2.30. The van der Waals surface area contributed by atoms with Crippen LogP contribution in [0, 0.1) is 5.92 Å². The fraction of sp³-hybridized carbons (Fsp3) is 0.364. The molecule has 5 heteroatoms. The number of hydrogen-bond donors (Lipinski definition) is 2. The maximum absolute atomic E-state index is 12.4. The Morgan fingerprint density at radius 1 is 0.926 bits per heavy atom. The minimum Gasteiger partial charge on any atom is -0.326 e. The highest BCUT2D eigenvalue weighted by Gasteiger charge is 2.25. The van der Waals surface area contributed by atoms with Crippen molar-refractivity contribution in [2.24, 2.45) is 5.92 Å². The van der Waals surface area contributed by atoms with Crippen LogP contribution in [0.3, 0.4) is 0 Å². The Kier molecular flexibility index (Phi) is 6.60. The van der Waals surface area contributed by atoms with Gasteiger partial charge in [0.05, 0.1) is 6.54 Å². The molecule has 0 aliphatic carbocycles. The Morgan fingerprint density at radius 3 is 2.19 bits per heavy atom. The number of amides is 2. The lowest BCUT2D eigenvalue weighted by Crippen LogP contribution is -2.41. The summed E-state index contributed by atoms with van der Waals surface area (Å²) in [7, 11) is 0. The van der Waals surface area contributed by atoms with Gasteiger partial charge < -0.3 is 10.6 Å². The molecular formula is C22H27N3O2. The van der Waals surface area contributed by atoms with E-state index in [1.807, 2.05) is 54.6 Å². The van der Waals surface area contributed by atoms with Gasteiger partial charge in [0.25, 0.3) is 0 Å². The van der Waals surface area contributed by atoms with Gasteiger partial charge in [-0.25, -0.2) is 0 Å². The summed E-state index contributed by atoms with van der Waals surface area (Å²) in [5.74, 6) is 0.0684. The Balaban J connectivity index is 1.42. The van der Waals surface area contributed by atoms with E-state index in [1.54, 1.807) is 0 Å². The number of carbonyl (C=O) groups is 2. The molecule has 1 aliphatic heterocycles. The topological polar surface area (TPSA) is 61.4 Å². The van der Waals surface area contributed by atoms with E-state index in [2.05, 4.69) is 22.5 Å². The van der Waals surface area contributed by atoms with Gasteiger partial charge in [0.15, 0.2) is 0 Å². The second kappa shape index (κ2) is 9.33. The van der Waals surface area contributed by atoms with Crippen molar-refractivity contribution in [3.05, 3.63) is 60.2 Å². The molecule has 1 aliphatic rings. The van der Waals surface area contributed by atoms with E-state index < -0.39 is 0 Å². The highest BCUT2D eigenvalue weighted by atomic mass is 16.2. The number of rotatable bonds is 6. The van der Waals surface area contributed by atoms with Crippen LogP contribution < -0.4 is 10.6 Å². The van der Waals surface area contributed by atoms with E-state index in [-0.39, 0.29) is 17.7 Å². The molecular weight excluding hydrogens is 338 g/mol. The summed E-state index contributed by atoms with van der Waals surface area (Å²) in [4.78, 5) is 26.8. The number of para-hydroxylation sites is 1. The zero-order valence-electron chi connectivity index (χ0n) is 15.8. The predicted octanol–water partition coefficient (Wildman–Crippen LogP) is 3.54.